The van der Waals surface area contributed by atoms with Gasteiger partial charge in [0.2, 0.25) is 6.10 Å². The number of hydrogen-bond donors (Lipinski definition) is 3. The van der Waals surface area contributed by atoms with Gasteiger partial charge in [-0.2, -0.15) is 0 Å². The Labute approximate surface area is 141 Å². The molecule has 0 aromatic heterocycles. The number of carbonyl (C=O) groups excluding carboxylic acids is 3. The van der Waals surface area contributed by atoms with Crippen LogP contribution in [-0.2, 0) is 9.53 Å². The van der Waals surface area contributed by atoms with E-state index in [1.54, 1.807) is 48.5 Å². The summed E-state index contributed by atoms with van der Waals surface area (Å²) in [6.45, 7) is 0. The van der Waals surface area contributed by atoms with E-state index in [2.05, 4.69) is 16.0 Å². The number of anilines is 2. The third-order valence-corrected chi connectivity index (χ3v) is 3.48. The van der Waals surface area contributed by atoms with Crippen LogP contribution in [0.4, 0.5) is 21.0 Å². The van der Waals surface area contributed by atoms with Crippen molar-refractivity contribution in [3.8, 4) is 0 Å². The van der Waals surface area contributed by atoms with Crippen LogP contribution in [0.5, 0.6) is 0 Å². The minimum atomic E-state index is -0.966. The molecular formula is C16H12ClN3O4. The lowest BCUT2D eigenvalue weighted by Crippen LogP contribution is -2.20. The summed E-state index contributed by atoms with van der Waals surface area (Å²) in [5.41, 5.74) is 1.59. The monoisotopic (exact) mass is 345 g/mol. The van der Waals surface area contributed by atoms with Crippen LogP contribution in [0.1, 0.15) is 11.7 Å². The molecule has 1 aliphatic heterocycles. The summed E-state index contributed by atoms with van der Waals surface area (Å²) in [6, 6.07) is 12.7. The Kier molecular flexibility index (Phi) is 4.35. The van der Waals surface area contributed by atoms with Crippen LogP contribution >= 0.6 is 11.6 Å². The first-order valence-electron chi connectivity index (χ1n) is 6.96. The van der Waals surface area contributed by atoms with Crippen molar-refractivity contribution in [2.24, 2.45) is 0 Å². The zero-order chi connectivity index (χ0) is 17.1. The van der Waals surface area contributed by atoms with Crippen molar-refractivity contribution in [2.45, 2.75) is 6.10 Å². The molecule has 1 saturated heterocycles. The summed E-state index contributed by atoms with van der Waals surface area (Å²) in [7, 11) is 0. The Morgan fingerprint density at radius 1 is 1.04 bits per heavy atom. The highest BCUT2D eigenvalue weighted by Crippen LogP contribution is 2.23. The number of carbonyl (C=O) groups is 3. The second-order valence-electron chi connectivity index (χ2n) is 4.99. The summed E-state index contributed by atoms with van der Waals surface area (Å²) in [4.78, 5) is 34.5. The van der Waals surface area contributed by atoms with Gasteiger partial charge in [-0.1, -0.05) is 29.8 Å². The molecule has 0 spiro atoms. The van der Waals surface area contributed by atoms with Crippen LogP contribution in [0.2, 0.25) is 5.02 Å². The molecule has 3 N–H and O–H groups in total. The first kappa shape index (κ1) is 15.8. The first-order chi connectivity index (χ1) is 11.5. The fraction of sp³-hybridized carbons (Fsp3) is 0.0625. The maximum Gasteiger partial charge on any atom is 0.415 e. The molecule has 1 aliphatic rings. The van der Waals surface area contributed by atoms with Gasteiger partial charge in [0.15, 0.2) is 0 Å². The fourth-order valence-electron chi connectivity index (χ4n) is 2.18. The molecule has 0 saturated carbocycles. The van der Waals surface area contributed by atoms with Gasteiger partial charge in [0, 0.05) is 22.0 Å². The predicted molar refractivity (Wildman–Crippen MR) is 87.9 cm³/mol. The number of benzene rings is 2. The lowest BCUT2D eigenvalue weighted by Gasteiger charge is -2.10. The van der Waals surface area contributed by atoms with Gasteiger partial charge in [-0.05, 0) is 30.3 Å². The van der Waals surface area contributed by atoms with Gasteiger partial charge in [-0.25, -0.2) is 9.59 Å². The minimum absolute atomic E-state index is 0.435. The molecule has 4 amide bonds. The van der Waals surface area contributed by atoms with Gasteiger partial charge < -0.3 is 15.4 Å². The fourth-order valence-corrected chi connectivity index (χ4v) is 2.37. The third kappa shape index (κ3) is 3.64. The number of amides is 4. The van der Waals surface area contributed by atoms with Crippen LogP contribution in [0, 0.1) is 0 Å². The average Bonchev–Trinajstić information content (AvgIpc) is 2.86. The van der Waals surface area contributed by atoms with Crippen molar-refractivity contribution in [1.82, 2.24) is 5.32 Å². The Hall–Kier alpha value is -3.06. The van der Waals surface area contributed by atoms with E-state index < -0.39 is 24.1 Å². The van der Waals surface area contributed by atoms with Crippen LogP contribution < -0.4 is 16.0 Å². The molecule has 24 heavy (non-hydrogen) atoms. The molecule has 0 radical (unpaired) electrons. The largest absolute Gasteiger partial charge is 0.431 e. The number of nitrogens with one attached hydrogen (secondary N) is 3. The normalized spacial score (nSPS) is 16.3. The number of halogens is 1. The molecule has 7 nitrogen and oxygen atoms in total. The molecule has 1 heterocycles. The van der Waals surface area contributed by atoms with E-state index >= 15 is 0 Å². The minimum Gasteiger partial charge on any atom is -0.431 e. The van der Waals surface area contributed by atoms with E-state index in [4.69, 9.17) is 16.3 Å². The van der Waals surface area contributed by atoms with Crippen LogP contribution in [-0.4, -0.2) is 18.0 Å². The molecule has 122 valence electrons. The predicted octanol–water partition coefficient (Wildman–Crippen LogP) is 3.29. The van der Waals surface area contributed by atoms with Gasteiger partial charge in [0.05, 0.1) is 0 Å². The van der Waals surface area contributed by atoms with E-state index in [-0.39, 0.29) is 0 Å². The zero-order valence-electron chi connectivity index (χ0n) is 12.2. The molecule has 2 aromatic carbocycles. The summed E-state index contributed by atoms with van der Waals surface area (Å²) in [5.74, 6) is -0.514. The van der Waals surface area contributed by atoms with Crippen molar-refractivity contribution in [2.75, 3.05) is 10.6 Å². The second-order valence-corrected chi connectivity index (χ2v) is 5.42. The van der Waals surface area contributed by atoms with E-state index in [0.717, 1.165) is 0 Å². The highest BCUT2D eigenvalue weighted by molar-refractivity contribution is 6.30. The first-order valence-corrected chi connectivity index (χ1v) is 7.34. The number of alkyl carbamates (subject to hydrolysis) is 1. The smallest absolute Gasteiger partial charge is 0.415 e. The van der Waals surface area contributed by atoms with Crippen LogP contribution in [0.15, 0.2) is 48.5 Å². The molecule has 0 bridgehead atoms. The molecule has 2 aromatic rings. The Morgan fingerprint density at radius 3 is 2.38 bits per heavy atom. The van der Waals surface area contributed by atoms with Crippen LogP contribution in [0.25, 0.3) is 0 Å². The molecule has 1 unspecified atom stereocenters. The number of rotatable bonds is 3. The van der Waals surface area contributed by atoms with Crippen molar-refractivity contribution in [3.63, 3.8) is 0 Å². The summed E-state index contributed by atoms with van der Waals surface area (Å²) < 4.78 is 4.86. The number of hydrogen-bond acceptors (Lipinski definition) is 4. The topological polar surface area (TPSA) is 96.5 Å². The van der Waals surface area contributed by atoms with Crippen molar-refractivity contribution >= 4 is 41.0 Å². The SMILES string of the molecule is O=C(Nc1ccc(C2OC(=O)NC2=O)cc1)Nc1cccc(Cl)c1. The average molecular weight is 346 g/mol. The molecule has 1 fully saturated rings. The molecule has 1 atom stereocenters. The van der Waals surface area contributed by atoms with E-state index in [0.29, 0.717) is 22.0 Å². The standard InChI is InChI=1S/C16H12ClN3O4/c17-10-2-1-3-12(8-10)19-15(22)18-11-6-4-9(5-7-11)13-14(21)20-16(23)24-13/h1-8,13H,(H2,18,19,22)(H,20,21,23). The maximum atomic E-state index is 11.9. The third-order valence-electron chi connectivity index (χ3n) is 3.24. The van der Waals surface area contributed by atoms with Gasteiger partial charge in [-0.15, -0.1) is 0 Å². The van der Waals surface area contributed by atoms with Gasteiger partial charge in [0.1, 0.15) is 0 Å². The highest BCUT2D eigenvalue weighted by atomic mass is 35.5. The van der Waals surface area contributed by atoms with Gasteiger partial charge in [0.25, 0.3) is 5.91 Å². The van der Waals surface area contributed by atoms with E-state index in [1.165, 1.54) is 0 Å². The molecule has 0 aliphatic carbocycles. The number of ether oxygens (including phenoxy) is 1. The summed E-state index contributed by atoms with van der Waals surface area (Å²) in [6.07, 6.45) is -1.74. The molecule has 8 heteroatoms. The summed E-state index contributed by atoms with van der Waals surface area (Å²) >= 11 is 5.85. The maximum absolute atomic E-state index is 11.9. The van der Waals surface area contributed by atoms with E-state index in [1.807, 2.05) is 0 Å². The number of cyclic esters (lactones) is 1. The van der Waals surface area contributed by atoms with Crippen molar-refractivity contribution in [1.29, 1.82) is 0 Å². The molecular weight excluding hydrogens is 334 g/mol. The van der Waals surface area contributed by atoms with Crippen molar-refractivity contribution in [3.05, 3.63) is 59.1 Å². The van der Waals surface area contributed by atoms with Gasteiger partial charge in [-0.3, -0.25) is 10.1 Å². The van der Waals surface area contributed by atoms with E-state index in [9.17, 15) is 14.4 Å². The number of urea groups is 1. The number of imide groups is 1. The summed E-state index contributed by atoms with van der Waals surface area (Å²) in [5, 5.41) is 7.86. The lowest BCUT2D eigenvalue weighted by atomic mass is 10.1. The van der Waals surface area contributed by atoms with Crippen LogP contribution in [0.3, 0.4) is 0 Å². The Bertz CT molecular complexity index is 807. The zero-order valence-corrected chi connectivity index (χ0v) is 13.0. The Balaban J connectivity index is 1.63. The molecule has 3 rings (SSSR count). The van der Waals surface area contributed by atoms with Gasteiger partial charge >= 0.3 is 12.1 Å². The van der Waals surface area contributed by atoms with Crippen molar-refractivity contribution < 1.29 is 19.1 Å². The quantitative estimate of drug-likeness (QED) is 0.795. The lowest BCUT2D eigenvalue weighted by molar-refractivity contribution is -0.123. The second kappa shape index (κ2) is 6.59. The highest BCUT2D eigenvalue weighted by Gasteiger charge is 2.33. The Morgan fingerprint density at radius 2 is 1.75 bits per heavy atom.